The molecule has 2 nitrogen and oxygen atoms in total. The molecule has 1 aromatic rings. The third-order valence-electron chi connectivity index (χ3n) is 1.27. The molecule has 2 heteroatoms. The normalized spacial score (nSPS) is 6.71. The summed E-state index contributed by atoms with van der Waals surface area (Å²) in [6, 6.07) is 3.87. The molecule has 0 aliphatic carbocycles. The van der Waals surface area contributed by atoms with Gasteiger partial charge >= 0.3 is 0 Å². The molecular weight excluding hydrogens is 172 g/mol. The lowest BCUT2D eigenvalue weighted by atomic mass is 10.2. The number of hydrogen-bond acceptors (Lipinski definition) is 2. The molecule has 78 valence electrons. The van der Waals surface area contributed by atoms with Gasteiger partial charge in [-0.05, 0) is 33.0 Å². The zero-order valence-corrected chi connectivity index (χ0v) is 9.76. The minimum atomic E-state index is 0.997. The molecule has 0 saturated heterocycles. The second-order valence-corrected chi connectivity index (χ2v) is 2.01. The summed E-state index contributed by atoms with van der Waals surface area (Å²) in [6.07, 6.45) is 1.77. The molecule has 0 fully saturated rings. The van der Waals surface area contributed by atoms with Gasteiger partial charge in [0, 0.05) is 11.8 Å². The number of pyridine rings is 1. The third kappa shape index (κ3) is 6.22. The highest BCUT2D eigenvalue weighted by Crippen LogP contribution is 1.99. The monoisotopic (exact) mass is 192 g/mol. The first-order chi connectivity index (χ1) is 6.84. The van der Waals surface area contributed by atoms with Crippen molar-refractivity contribution in [3.8, 4) is 11.8 Å². The van der Waals surface area contributed by atoms with Crippen molar-refractivity contribution in [2.75, 3.05) is 7.05 Å². The Balaban J connectivity index is 0. The van der Waals surface area contributed by atoms with Crippen LogP contribution in [0.4, 0.5) is 0 Å². The van der Waals surface area contributed by atoms with E-state index in [0.29, 0.717) is 0 Å². The maximum Gasteiger partial charge on any atom is 0.0528 e. The Labute approximate surface area is 87.6 Å². The fourth-order valence-electron chi connectivity index (χ4n) is 0.751. The van der Waals surface area contributed by atoms with Crippen LogP contribution < -0.4 is 5.73 Å². The Bertz CT molecular complexity index is 282. The van der Waals surface area contributed by atoms with Crippen LogP contribution in [-0.2, 0) is 0 Å². The molecule has 0 aliphatic heterocycles. The Kier molecular flexibility index (Phi) is 12.6. The summed E-state index contributed by atoms with van der Waals surface area (Å²) in [6.45, 7) is 7.78. The fraction of sp³-hybridized carbons (Fsp3) is 0.417. The Hall–Kier alpha value is -1.33. The Morgan fingerprint density at radius 3 is 2.29 bits per heavy atom. The molecule has 1 aromatic heterocycles. The van der Waals surface area contributed by atoms with Gasteiger partial charge in [-0.3, -0.25) is 4.98 Å². The van der Waals surface area contributed by atoms with Crippen molar-refractivity contribution in [1.29, 1.82) is 0 Å². The summed E-state index contributed by atoms with van der Waals surface area (Å²) in [7, 11) is 1.50. The number of aromatic nitrogens is 1. The molecule has 1 heterocycles. The first kappa shape index (κ1) is 15.2. The molecule has 0 unspecified atom stereocenters. The van der Waals surface area contributed by atoms with Crippen LogP contribution in [0, 0.1) is 18.8 Å². The lowest BCUT2D eigenvalue weighted by Crippen LogP contribution is -1.84. The van der Waals surface area contributed by atoms with Crippen molar-refractivity contribution < 1.29 is 0 Å². The van der Waals surface area contributed by atoms with Crippen molar-refractivity contribution in [2.24, 2.45) is 5.73 Å². The number of hydrogen-bond donors (Lipinski definition) is 1. The molecule has 0 spiro atoms. The molecule has 1 rings (SSSR count). The molecule has 0 radical (unpaired) electrons. The number of aryl methyl sites for hydroxylation is 1. The van der Waals surface area contributed by atoms with E-state index in [2.05, 4.69) is 22.6 Å². The van der Waals surface area contributed by atoms with Gasteiger partial charge in [0.15, 0.2) is 0 Å². The summed E-state index contributed by atoms with van der Waals surface area (Å²) in [5, 5.41) is 0. The number of rotatable bonds is 0. The highest BCUT2D eigenvalue weighted by molar-refractivity contribution is 5.36. The predicted molar refractivity (Wildman–Crippen MR) is 63.0 cm³/mol. The molecule has 0 bridgehead atoms. The maximum atomic E-state index is 4.50. The van der Waals surface area contributed by atoms with Gasteiger partial charge in [0.25, 0.3) is 0 Å². The van der Waals surface area contributed by atoms with Gasteiger partial charge in [0.1, 0.15) is 0 Å². The Morgan fingerprint density at radius 1 is 1.29 bits per heavy atom. The van der Waals surface area contributed by atoms with Crippen LogP contribution in [0.25, 0.3) is 0 Å². The minimum Gasteiger partial charge on any atom is -0.333 e. The standard InChI is InChI=1S/C9H9N.C2H6.CH5N/c1-3-5-9-6-4-7-10-8(9)2;2*1-2/h4,6-7H,1-2H3;1-2H3;2H2,1H3. The van der Waals surface area contributed by atoms with Gasteiger partial charge in [-0.15, -0.1) is 5.92 Å². The zero-order valence-electron chi connectivity index (χ0n) is 9.76. The molecule has 0 saturated carbocycles. The van der Waals surface area contributed by atoms with Gasteiger partial charge in [0.05, 0.1) is 5.69 Å². The van der Waals surface area contributed by atoms with Crippen molar-refractivity contribution in [1.82, 2.24) is 4.98 Å². The Morgan fingerprint density at radius 2 is 1.86 bits per heavy atom. The van der Waals surface area contributed by atoms with Crippen LogP contribution in [0.15, 0.2) is 18.3 Å². The number of nitrogens with two attached hydrogens (primary N) is 1. The van der Waals surface area contributed by atoms with E-state index in [9.17, 15) is 0 Å². The van der Waals surface area contributed by atoms with Crippen LogP contribution in [0.1, 0.15) is 32.0 Å². The van der Waals surface area contributed by atoms with Crippen LogP contribution in [0.2, 0.25) is 0 Å². The average molecular weight is 192 g/mol. The maximum absolute atomic E-state index is 4.50. The van der Waals surface area contributed by atoms with Crippen LogP contribution >= 0.6 is 0 Å². The number of nitrogens with zero attached hydrogens (tertiary/aromatic N) is 1. The summed E-state index contributed by atoms with van der Waals surface area (Å²) in [5.74, 6) is 5.80. The van der Waals surface area contributed by atoms with Crippen LogP contribution in [0.5, 0.6) is 0 Å². The molecule has 0 amide bonds. The predicted octanol–water partition coefficient (Wildman–Crippen LogP) is 2.36. The highest BCUT2D eigenvalue weighted by atomic mass is 14.7. The van der Waals surface area contributed by atoms with Crippen LogP contribution in [0.3, 0.4) is 0 Å². The summed E-state index contributed by atoms with van der Waals surface area (Å²) >= 11 is 0. The average Bonchev–Trinajstić information content (AvgIpc) is 2.28. The molecule has 0 atom stereocenters. The molecule has 2 N–H and O–H groups in total. The van der Waals surface area contributed by atoms with Gasteiger partial charge in [0.2, 0.25) is 0 Å². The molecule has 0 aliphatic rings. The fourth-order valence-corrected chi connectivity index (χ4v) is 0.751. The molecule has 0 aromatic carbocycles. The van der Waals surface area contributed by atoms with E-state index < -0.39 is 0 Å². The summed E-state index contributed by atoms with van der Waals surface area (Å²) in [4.78, 5) is 4.10. The van der Waals surface area contributed by atoms with E-state index in [0.717, 1.165) is 11.3 Å². The largest absolute Gasteiger partial charge is 0.333 e. The second kappa shape index (κ2) is 11.7. The second-order valence-electron chi connectivity index (χ2n) is 2.01. The van der Waals surface area contributed by atoms with E-state index in [1.54, 1.807) is 6.20 Å². The van der Waals surface area contributed by atoms with Gasteiger partial charge in [-0.2, -0.15) is 0 Å². The van der Waals surface area contributed by atoms with Crippen molar-refractivity contribution in [2.45, 2.75) is 27.7 Å². The molecular formula is C12H20N2. The first-order valence-corrected chi connectivity index (χ1v) is 4.76. The van der Waals surface area contributed by atoms with E-state index in [1.807, 2.05) is 39.8 Å². The smallest absolute Gasteiger partial charge is 0.0528 e. The zero-order chi connectivity index (χ0) is 11.4. The minimum absolute atomic E-state index is 0.997. The van der Waals surface area contributed by atoms with E-state index in [1.165, 1.54) is 7.05 Å². The topological polar surface area (TPSA) is 38.9 Å². The highest BCUT2D eigenvalue weighted by Gasteiger charge is 1.89. The van der Waals surface area contributed by atoms with Gasteiger partial charge in [-0.1, -0.05) is 19.8 Å². The molecule has 14 heavy (non-hydrogen) atoms. The van der Waals surface area contributed by atoms with Crippen LogP contribution in [-0.4, -0.2) is 12.0 Å². The first-order valence-electron chi connectivity index (χ1n) is 4.76. The summed E-state index contributed by atoms with van der Waals surface area (Å²) < 4.78 is 0. The van der Waals surface area contributed by atoms with Crippen molar-refractivity contribution in [3.63, 3.8) is 0 Å². The van der Waals surface area contributed by atoms with Crippen molar-refractivity contribution in [3.05, 3.63) is 29.6 Å². The lowest BCUT2D eigenvalue weighted by molar-refractivity contribution is 1.19. The van der Waals surface area contributed by atoms with Gasteiger partial charge in [-0.25, -0.2) is 0 Å². The quantitative estimate of drug-likeness (QED) is 0.641. The summed E-state index contributed by atoms with van der Waals surface area (Å²) in [5.41, 5.74) is 6.52. The van der Waals surface area contributed by atoms with E-state index in [-0.39, 0.29) is 0 Å². The lowest BCUT2D eigenvalue weighted by Gasteiger charge is -1.92. The van der Waals surface area contributed by atoms with Gasteiger partial charge < -0.3 is 5.73 Å². The van der Waals surface area contributed by atoms with E-state index in [4.69, 9.17) is 0 Å². The van der Waals surface area contributed by atoms with Crippen molar-refractivity contribution >= 4 is 0 Å². The third-order valence-corrected chi connectivity index (χ3v) is 1.27. The van der Waals surface area contributed by atoms with E-state index >= 15 is 0 Å². The SMILES string of the molecule is CC.CC#Cc1cccnc1C.CN.